The lowest BCUT2D eigenvalue weighted by molar-refractivity contribution is -0.120. The van der Waals surface area contributed by atoms with Gasteiger partial charge < -0.3 is 10.2 Å². The second kappa shape index (κ2) is 9.67. The Morgan fingerprint density at radius 3 is 2.92 bits per heavy atom. The third-order valence-electron chi connectivity index (χ3n) is 5.54. The molecule has 1 saturated carbocycles. The van der Waals surface area contributed by atoms with Crippen molar-refractivity contribution in [2.45, 2.75) is 45.4 Å². The molecule has 0 radical (unpaired) electrons. The van der Waals surface area contributed by atoms with Crippen LogP contribution in [0.25, 0.3) is 10.9 Å². The first-order chi connectivity index (χ1) is 12.7. The fourth-order valence-corrected chi connectivity index (χ4v) is 3.64. The smallest absolute Gasteiger partial charge is 0.224 e. The zero-order chi connectivity index (χ0) is 18.2. The number of nitrogens with zero attached hydrogens (tertiary/aromatic N) is 2. The number of hydrogen-bond acceptors (Lipinski definition) is 3. The Morgan fingerprint density at radius 2 is 2.15 bits per heavy atom. The lowest BCUT2D eigenvalue weighted by atomic mass is 9.82. The topological polar surface area (TPSA) is 45.2 Å². The molecule has 1 fully saturated rings. The summed E-state index contributed by atoms with van der Waals surface area (Å²) in [5.41, 5.74) is 1.96. The van der Waals surface area contributed by atoms with Gasteiger partial charge in [0.15, 0.2) is 0 Å². The SMILES string of the molecule is CCN(CCCC1CCC1)CCNC(=O)Cc1ccc2cccnc2c1. The molecule has 0 spiro atoms. The Hall–Kier alpha value is -1.94. The minimum Gasteiger partial charge on any atom is -0.355 e. The molecule has 1 aromatic heterocycles. The van der Waals surface area contributed by atoms with Gasteiger partial charge in [0.1, 0.15) is 0 Å². The van der Waals surface area contributed by atoms with Crippen LogP contribution in [0.4, 0.5) is 0 Å². The molecule has 0 aliphatic heterocycles. The van der Waals surface area contributed by atoms with Crippen molar-refractivity contribution in [1.82, 2.24) is 15.2 Å². The van der Waals surface area contributed by atoms with Gasteiger partial charge in [-0.2, -0.15) is 0 Å². The van der Waals surface area contributed by atoms with Crippen LogP contribution in [0, 0.1) is 5.92 Å². The number of likely N-dealkylation sites (N-methyl/N-ethyl adjacent to an activating group) is 1. The number of rotatable bonds is 10. The third kappa shape index (κ3) is 5.53. The maximum atomic E-state index is 12.2. The molecule has 4 heteroatoms. The predicted octanol–water partition coefficient (Wildman–Crippen LogP) is 3.80. The highest BCUT2D eigenvalue weighted by molar-refractivity contribution is 5.82. The summed E-state index contributed by atoms with van der Waals surface area (Å²) in [5, 5.41) is 4.17. The zero-order valence-corrected chi connectivity index (χ0v) is 15.9. The van der Waals surface area contributed by atoms with Crippen LogP contribution in [-0.2, 0) is 11.2 Å². The van der Waals surface area contributed by atoms with Gasteiger partial charge in [-0.25, -0.2) is 0 Å². The molecule has 140 valence electrons. The number of carbonyl (C=O) groups is 1. The highest BCUT2D eigenvalue weighted by Crippen LogP contribution is 2.30. The van der Waals surface area contributed by atoms with E-state index in [4.69, 9.17) is 0 Å². The fraction of sp³-hybridized carbons (Fsp3) is 0.545. The van der Waals surface area contributed by atoms with E-state index in [1.54, 1.807) is 6.20 Å². The normalized spacial score (nSPS) is 14.5. The standard InChI is InChI=1S/C22H31N3O/c1-2-25(14-5-8-18-6-3-7-18)15-13-24-22(26)17-19-10-11-20-9-4-12-23-21(20)16-19/h4,9-12,16,18H,2-3,5-8,13-15,17H2,1H3,(H,24,26). The molecule has 1 aliphatic rings. The molecule has 26 heavy (non-hydrogen) atoms. The molecule has 1 aliphatic carbocycles. The van der Waals surface area contributed by atoms with Crippen molar-refractivity contribution in [3.05, 3.63) is 42.1 Å². The summed E-state index contributed by atoms with van der Waals surface area (Å²) in [6, 6.07) is 10.0. The van der Waals surface area contributed by atoms with Crippen molar-refractivity contribution in [3.8, 4) is 0 Å². The molecule has 4 nitrogen and oxygen atoms in total. The van der Waals surface area contributed by atoms with Crippen LogP contribution in [0.15, 0.2) is 36.5 Å². The van der Waals surface area contributed by atoms with Gasteiger partial charge in [0.25, 0.3) is 0 Å². The molecule has 2 aromatic rings. The summed E-state index contributed by atoms with van der Waals surface area (Å²) >= 11 is 0. The predicted molar refractivity (Wildman–Crippen MR) is 107 cm³/mol. The Balaban J connectivity index is 1.36. The average Bonchev–Trinajstić information content (AvgIpc) is 2.62. The fourth-order valence-electron chi connectivity index (χ4n) is 3.64. The van der Waals surface area contributed by atoms with Gasteiger partial charge >= 0.3 is 0 Å². The molecule has 1 heterocycles. The van der Waals surface area contributed by atoms with E-state index in [1.165, 1.54) is 32.1 Å². The molecular formula is C22H31N3O. The van der Waals surface area contributed by atoms with Crippen molar-refractivity contribution in [2.24, 2.45) is 5.92 Å². The summed E-state index contributed by atoms with van der Waals surface area (Å²) in [4.78, 5) is 19.0. The molecular weight excluding hydrogens is 322 g/mol. The quantitative estimate of drug-likeness (QED) is 0.707. The number of carbonyl (C=O) groups excluding carboxylic acids is 1. The first kappa shape index (κ1) is 18.8. The highest BCUT2D eigenvalue weighted by Gasteiger charge is 2.16. The number of nitrogens with one attached hydrogen (secondary N) is 1. The van der Waals surface area contributed by atoms with Crippen LogP contribution in [0.3, 0.4) is 0 Å². The molecule has 0 atom stereocenters. The Bertz CT molecular complexity index is 711. The van der Waals surface area contributed by atoms with E-state index in [9.17, 15) is 4.79 Å². The van der Waals surface area contributed by atoms with Crippen molar-refractivity contribution < 1.29 is 4.79 Å². The summed E-state index contributed by atoms with van der Waals surface area (Å²) in [7, 11) is 0. The highest BCUT2D eigenvalue weighted by atomic mass is 16.1. The Labute approximate surface area is 157 Å². The minimum atomic E-state index is 0.0887. The average molecular weight is 354 g/mol. The molecule has 0 bridgehead atoms. The largest absolute Gasteiger partial charge is 0.355 e. The van der Waals surface area contributed by atoms with Gasteiger partial charge in [-0.3, -0.25) is 9.78 Å². The second-order valence-electron chi connectivity index (χ2n) is 7.43. The third-order valence-corrected chi connectivity index (χ3v) is 5.54. The lowest BCUT2D eigenvalue weighted by Crippen LogP contribution is -2.36. The van der Waals surface area contributed by atoms with E-state index in [1.807, 2.05) is 30.3 Å². The second-order valence-corrected chi connectivity index (χ2v) is 7.43. The maximum absolute atomic E-state index is 12.2. The number of hydrogen-bond donors (Lipinski definition) is 1. The number of fused-ring (bicyclic) bond motifs is 1. The van der Waals surface area contributed by atoms with Gasteiger partial charge in [0, 0.05) is 24.7 Å². The van der Waals surface area contributed by atoms with Crippen LogP contribution in [0.5, 0.6) is 0 Å². The number of amides is 1. The summed E-state index contributed by atoms with van der Waals surface area (Å²) < 4.78 is 0. The van der Waals surface area contributed by atoms with Crippen molar-refractivity contribution in [2.75, 3.05) is 26.2 Å². The lowest BCUT2D eigenvalue weighted by Gasteiger charge is -2.27. The molecule has 3 rings (SSSR count). The van der Waals surface area contributed by atoms with Gasteiger partial charge in [-0.1, -0.05) is 44.4 Å². The summed E-state index contributed by atoms with van der Waals surface area (Å²) in [6.07, 6.45) is 9.17. The van der Waals surface area contributed by atoms with Gasteiger partial charge in [-0.05, 0) is 49.5 Å². The van der Waals surface area contributed by atoms with Crippen LogP contribution in [-0.4, -0.2) is 42.0 Å². The van der Waals surface area contributed by atoms with Gasteiger partial charge in [0.2, 0.25) is 5.91 Å². The van der Waals surface area contributed by atoms with E-state index < -0.39 is 0 Å². The molecule has 0 unspecified atom stereocenters. The number of pyridine rings is 1. The number of aromatic nitrogens is 1. The van der Waals surface area contributed by atoms with Crippen LogP contribution in [0.1, 0.15) is 44.6 Å². The van der Waals surface area contributed by atoms with Crippen molar-refractivity contribution >= 4 is 16.8 Å². The van der Waals surface area contributed by atoms with Crippen molar-refractivity contribution in [3.63, 3.8) is 0 Å². The Morgan fingerprint density at radius 1 is 1.27 bits per heavy atom. The van der Waals surface area contributed by atoms with Crippen LogP contribution < -0.4 is 5.32 Å². The van der Waals surface area contributed by atoms with E-state index in [0.717, 1.165) is 48.6 Å². The van der Waals surface area contributed by atoms with E-state index in [2.05, 4.69) is 22.1 Å². The zero-order valence-electron chi connectivity index (χ0n) is 15.9. The summed E-state index contributed by atoms with van der Waals surface area (Å²) in [5.74, 6) is 1.08. The molecule has 1 aromatic carbocycles. The van der Waals surface area contributed by atoms with E-state index >= 15 is 0 Å². The Kier molecular flexibility index (Phi) is 7.01. The van der Waals surface area contributed by atoms with Crippen LogP contribution in [0.2, 0.25) is 0 Å². The van der Waals surface area contributed by atoms with Gasteiger partial charge in [0.05, 0.1) is 11.9 Å². The molecule has 1 N–H and O–H groups in total. The minimum absolute atomic E-state index is 0.0887. The van der Waals surface area contributed by atoms with Gasteiger partial charge in [-0.15, -0.1) is 0 Å². The summed E-state index contributed by atoms with van der Waals surface area (Å²) in [6.45, 7) is 6.07. The molecule has 0 saturated heterocycles. The first-order valence-electron chi connectivity index (χ1n) is 10.1. The van der Waals surface area contributed by atoms with E-state index in [0.29, 0.717) is 6.42 Å². The molecule has 1 amide bonds. The van der Waals surface area contributed by atoms with Crippen LogP contribution >= 0.6 is 0 Å². The number of benzene rings is 1. The maximum Gasteiger partial charge on any atom is 0.224 e. The first-order valence-corrected chi connectivity index (χ1v) is 10.1. The van der Waals surface area contributed by atoms with E-state index in [-0.39, 0.29) is 5.91 Å². The van der Waals surface area contributed by atoms with Crippen molar-refractivity contribution in [1.29, 1.82) is 0 Å². The monoisotopic (exact) mass is 353 g/mol.